The Kier molecular flexibility index (Phi) is 6.08. The van der Waals surface area contributed by atoms with Gasteiger partial charge in [-0.2, -0.15) is 0 Å². The van der Waals surface area contributed by atoms with Crippen LogP contribution in [-0.4, -0.2) is 35.7 Å². The van der Waals surface area contributed by atoms with E-state index in [9.17, 15) is 5.11 Å². The van der Waals surface area contributed by atoms with E-state index in [2.05, 4.69) is 24.0 Å². The van der Waals surface area contributed by atoms with Gasteiger partial charge in [0.25, 0.3) is 0 Å². The Labute approximate surface area is 97.9 Å². The first kappa shape index (κ1) is 13.2. The van der Waals surface area contributed by atoms with E-state index in [1.807, 2.05) is 18.2 Å². The summed E-state index contributed by atoms with van der Waals surface area (Å²) in [5, 5.41) is 9.57. The number of benzene rings is 1. The highest BCUT2D eigenvalue weighted by atomic mass is 16.3. The van der Waals surface area contributed by atoms with Crippen molar-refractivity contribution in [3.63, 3.8) is 0 Å². The molecule has 1 aromatic carbocycles. The van der Waals surface area contributed by atoms with Crippen molar-refractivity contribution >= 4 is 0 Å². The van der Waals surface area contributed by atoms with Crippen LogP contribution in [0.5, 0.6) is 0 Å². The molecule has 0 aliphatic rings. The number of rotatable bonds is 7. The number of nitrogens with two attached hydrogens (primary N) is 1. The highest BCUT2D eigenvalue weighted by Gasteiger charge is 2.09. The van der Waals surface area contributed by atoms with Crippen LogP contribution >= 0.6 is 0 Å². The van der Waals surface area contributed by atoms with Gasteiger partial charge in [-0.1, -0.05) is 37.3 Å². The number of hydrogen-bond donors (Lipinski definition) is 2. The molecule has 0 amide bonds. The maximum absolute atomic E-state index is 9.57. The van der Waals surface area contributed by atoms with Crippen LogP contribution in [0.15, 0.2) is 30.3 Å². The van der Waals surface area contributed by atoms with Crippen LogP contribution in [0.3, 0.4) is 0 Å². The molecular weight excluding hydrogens is 200 g/mol. The topological polar surface area (TPSA) is 49.5 Å². The molecule has 1 atom stereocenters. The van der Waals surface area contributed by atoms with Crippen LogP contribution in [-0.2, 0) is 6.54 Å². The standard InChI is InChI=1S/C13H22N2O/c1-2-8-15(11-13(16)9-14)10-12-6-4-3-5-7-12/h3-7,13,16H,2,8-11,14H2,1H3/t13-/m1/s1. The van der Waals surface area contributed by atoms with Crippen LogP contribution in [0.1, 0.15) is 18.9 Å². The fraction of sp³-hybridized carbons (Fsp3) is 0.538. The molecule has 0 heterocycles. The van der Waals surface area contributed by atoms with Crippen LogP contribution < -0.4 is 5.73 Å². The molecule has 1 rings (SSSR count). The van der Waals surface area contributed by atoms with Gasteiger partial charge < -0.3 is 10.8 Å². The maximum Gasteiger partial charge on any atom is 0.0789 e. The van der Waals surface area contributed by atoms with Crippen LogP contribution in [0.25, 0.3) is 0 Å². The highest BCUT2D eigenvalue weighted by Crippen LogP contribution is 2.05. The van der Waals surface area contributed by atoms with E-state index in [-0.39, 0.29) is 0 Å². The van der Waals surface area contributed by atoms with Gasteiger partial charge in [0.15, 0.2) is 0 Å². The summed E-state index contributed by atoms with van der Waals surface area (Å²) in [7, 11) is 0. The Morgan fingerprint density at radius 3 is 2.56 bits per heavy atom. The third-order valence-corrected chi connectivity index (χ3v) is 2.53. The molecule has 3 nitrogen and oxygen atoms in total. The zero-order chi connectivity index (χ0) is 11.8. The SMILES string of the molecule is CCCN(Cc1ccccc1)C[C@H](O)CN. The summed E-state index contributed by atoms with van der Waals surface area (Å²) in [4.78, 5) is 2.24. The lowest BCUT2D eigenvalue weighted by atomic mass is 10.2. The second-order valence-electron chi connectivity index (χ2n) is 4.11. The van der Waals surface area contributed by atoms with E-state index in [0.717, 1.165) is 19.5 Å². The maximum atomic E-state index is 9.57. The van der Waals surface area contributed by atoms with Gasteiger partial charge in [-0.05, 0) is 18.5 Å². The van der Waals surface area contributed by atoms with E-state index in [4.69, 9.17) is 5.73 Å². The third kappa shape index (κ3) is 4.75. The normalized spacial score (nSPS) is 13.0. The summed E-state index contributed by atoms with van der Waals surface area (Å²) >= 11 is 0. The molecular formula is C13H22N2O. The second kappa shape index (κ2) is 7.39. The van der Waals surface area contributed by atoms with Crippen molar-refractivity contribution in [1.29, 1.82) is 0 Å². The minimum Gasteiger partial charge on any atom is -0.390 e. The van der Waals surface area contributed by atoms with E-state index in [1.54, 1.807) is 0 Å². The van der Waals surface area contributed by atoms with E-state index < -0.39 is 6.10 Å². The zero-order valence-electron chi connectivity index (χ0n) is 9.97. The summed E-state index contributed by atoms with van der Waals surface area (Å²) in [5.41, 5.74) is 6.71. The van der Waals surface area contributed by atoms with Gasteiger partial charge in [-0.25, -0.2) is 0 Å². The Balaban J connectivity index is 2.50. The Bertz CT molecular complexity index is 277. The van der Waals surface area contributed by atoms with Crippen LogP contribution in [0.2, 0.25) is 0 Å². The summed E-state index contributed by atoms with van der Waals surface area (Å²) < 4.78 is 0. The molecule has 0 unspecified atom stereocenters. The van der Waals surface area contributed by atoms with Gasteiger partial charge in [0, 0.05) is 19.6 Å². The summed E-state index contributed by atoms with van der Waals surface area (Å²) in [6.45, 7) is 5.00. The van der Waals surface area contributed by atoms with Crippen molar-refractivity contribution in [3.05, 3.63) is 35.9 Å². The van der Waals surface area contributed by atoms with Gasteiger partial charge in [0.05, 0.1) is 6.10 Å². The lowest BCUT2D eigenvalue weighted by molar-refractivity contribution is 0.114. The first-order valence-electron chi connectivity index (χ1n) is 5.90. The minimum atomic E-state index is -0.421. The molecule has 0 radical (unpaired) electrons. The molecule has 1 aromatic rings. The molecule has 90 valence electrons. The van der Waals surface area contributed by atoms with Crippen molar-refractivity contribution in [2.45, 2.75) is 26.0 Å². The van der Waals surface area contributed by atoms with Crippen molar-refractivity contribution in [2.75, 3.05) is 19.6 Å². The van der Waals surface area contributed by atoms with Crippen LogP contribution in [0, 0.1) is 0 Å². The average Bonchev–Trinajstić information content (AvgIpc) is 2.30. The molecule has 0 aliphatic heterocycles. The van der Waals surface area contributed by atoms with Gasteiger partial charge in [0.1, 0.15) is 0 Å². The second-order valence-corrected chi connectivity index (χ2v) is 4.11. The molecule has 16 heavy (non-hydrogen) atoms. The van der Waals surface area contributed by atoms with E-state index >= 15 is 0 Å². The van der Waals surface area contributed by atoms with Crippen molar-refractivity contribution in [2.24, 2.45) is 5.73 Å². The third-order valence-electron chi connectivity index (χ3n) is 2.53. The molecule has 0 fully saturated rings. The number of aliphatic hydroxyl groups excluding tert-OH is 1. The lowest BCUT2D eigenvalue weighted by Crippen LogP contribution is -2.36. The quantitative estimate of drug-likeness (QED) is 0.729. The summed E-state index contributed by atoms with van der Waals surface area (Å²) in [6, 6.07) is 10.3. The first-order chi connectivity index (χ1) is 7.76. The Morgan fingerprint density at radius 2 is 2.00 bits per heavy atom. The predicted molar refractivity (Wildman–Crippen MR) is 67.1 cm³/mol. The molecule has 0 bridgehead atoms. The molecule has 0 spiro atoms. The molecule has 3 N–H and O–H groups in total. The van der Waals surface area contributed by atoms with E-state index in [1.165, 1.54) is 5.56 Å². The minimum absolute atomic E-state index is 0.328. The average molecular weight is 222 g/mol. The van der Waals surface area contributed by atoms with E-state index in [0.29, 0.717) is 13.1 Å². The Morgan fingerprint density at radius 1 is 1.31 bits per heavy atom. The van der Waals surface area contributed by atoms with Gasteiger partial charge in [-0.15, -0.1) is 0 Å². The van der Waals surface area contributed by atoms with Crippen molar-refractivity contribution in [1.82, 2.24) is 4.90 Å². The van der Waals surface area contributed by atoms with Crippen LogP contribution in [0.4, 0.5) is 0 Å². The molecule has 0 saturated heterocycles. The molecule has 3 heteroatoms. The highest BCUT2D eigenvalue weighted by molar-refractivity contribution is 5.14. The summed E-state index contributed by atoms with van der Waals surface area (Å²) in [5.74, 6) is 0. The molecule has 0 saturated carbocycles. The number of aliphatic hydroxyl groups is 1. The lowest BCUT2D eigenvalue weighted by Gasteiger charge is -2.24. The van der Waals surface area contributed by atoms with Gasteiger partial charge in [0.2, 0.25) is 0 Å². The predicted octanol–water partition coefficient (Wildman–Crippen LogP) is 1.22. The fourth-order valence-corrected chi connectivity index (χ4v) is 1.77. The first-order valence-corrected chi connectivity index (χ1v) is 5.90. The Hall–Kier alpha value is -0.900. The number of nitrogens with zero attached hydrogens (tertiary/aromatic N) is 1. The zero-order valence-corrected chi connectivity index (χ0v) is 9.97. The largest absolute Gasteiger partial charge is 0.390 e. The number of hydrogen-bond acceptors (Lipinski definition) is 3. The molecule has 0 aliphatic carbocycles. The van der Waals surface area contributed by atoms with Crippen molar-refractivity contribution < 1.29 is 5.11 Å². The monoisotopic (exact) mass is 222 g/mol. The molecule has 0 aromatic heterocycles. The van der Waals surface area contributed by atoms with Gasteiger partial charge >= 0.3 is 0 Å². The fourth-order valence-electron chi connectivity index (χ4n) is 1.77. The van der Waals surface area contributed by atoms with Crippen molar-refractivity contribution in [3.8, 4) is 0 Å². The van der Waals surface area contributed by atoms with Gasteiger partial charge in [-0.3, -0.25) is 4.90 Å². The smallest absolute Gasteiger partial charge is 0.0789 e. The summed E-state index contributed by atoms with van der Waals surface area (Å²) in [6.07, 6.45) is 0.666.